The van der Waals surface area contributed by atoms with E-state index >= 15 is 0 Å². The highest BCUT2D eigenvalue weighted by Gasteiger charge is 2.25. The van der Waals surface area contributed by atoms with Gasteiger partial charge in [0.15, 0.2) is 0 Å². The Kier molecular flexibility index (Phi) is 3.72. The minimum atomic E-state index is 0.329. The van der Waals surface area contributed by atoms with Gasteiger partial charge in [0.25, 0.3) is 0 Å². The molecule has 0 saturated heterocycles. The van der Waals surface area contributed by atoms with Crippen LogP contribution in [-0.2, 0) is 6.54 Å². The Labute approximate surface area is 105 Å². The van der Waals surface area contributed by atoms with Gasteiger partial charge in [-0.25, -0.2) is 0 Å². The summed E-state index contributed by atoms with van der Waals surface area (Å²) in [6.07, 6.45) is 6.72. The predicted octanol–water partition coefficient (Wildman–Crippen LogP) is 3.39. The Bertz CT molecular complexity index is 379. The van der Waals surface area contributed by atoms with Gasteiger partial charge in [0.05, 0.1) is 0 Å². The minimum absolute atomic E-state index is 0.329. The van der Waals surface area contributed by atoms with Crippen LogP contribution in [0.4, 0.5) is 5.69 Å². The number of rotatable bonds is 3. The van der Waals surface area contributed by atoms with Gasteiger partial charge in [-0.1, -0.05) is 31.4 Å². The summed E-state index contributed by atoms with van der Waals surface area (Å²) in [7, 11) is 0. The highest BCUT2D eigenvalue weighted by molar-refractivity contribution is 5.49. The number of nitrogen functional groups attached to an aromatic ring is 1. The monoisotopic (exact) mass is 232 g/mol. The molecule has 2 heteroatoms. The maximum Gasteiger partial charge on any atom is 0.0346 e. The van der Waals surface area contributed by atoms with E-state index in [1.54, 1.807) is 0 Å². The molecule has 2 nitrogen and oxygen atoms in total. The molecule has 94 valence electrons. The quantitative estimate of drug-likeness (QED) is 0.784. The van der Waals surface area contributed by atoms with Crippen molar-refractivity contribution in [1.82, 2.24) is 5.32 Å². The lowest BCUT2D eigenvalue weighted by atomic mass is 9.83. The molecule has 2 rings (SSSR count). The number of benzene rings is 1. The van der Waals surface area contributed by atoms with Crippen LogP contribution in [0, 0.1) is 6.92 Å². The van der Waals surface area contributed by atoms with E-state index in [0.29, 0.717) is 5.54 Å². The van der Waals surface area contributed by atoms with Crippen molar-refractivity contribution in [2.45, 2.75) is 58.0 Å². The number of hydrogen-bond acceptors (Lipinski definition) is 2. The van der Waals surface area contributed by atoms with Crippen molar-refractivity contribution < 1.29 is 0 Å². The van der Waals surface area contributed by atoms with Crippen LogP contribution in [0.3, 0.4) is 0 Å². The molecular formula is C15H24N2. The lowest BCUT2D eigenvalue weighted by Gasteiger charge is -2.35. The first-order chi connectivity index (χ1) is 8.11. The fraction of sp³-hybridized carbons (Fsp3) is 0.600. The van der Waals surface area contributed by atoms with Gasteiger partial charge < -0.3 is 11.1 Å². The Hall–Kier alpha value is -1.02. The van der Waals surface area contributed by atoms with Crippen molar-refractivity contribution in [3.63, 3.8) is 0 Å². The average molecular weight is 232 g/mol. The van der Waals surface area contributed by atoms with Crippen molar-refractivity contribution >= 4 is 5.69 Å². The zero-order valence-electron chi connectivity index (χ0n) is 11.1. The third-order valence-electron chi connectivity index (χ3n) is 4.15. The van der Waals surface area contributed by atoms with E-state index in [9.17, 15) is 0 Å². The Balaban J connectivity index is 1.99. The average Bonchev–Trinajstić information content (AvgIpc) is 2.32. The van der Waals surface area contributed by atoms with Crippen LogP contribution in [0.1, 0.15) is 50.2 Å². The van der Waals surface area contributed by atoms with Crippen LogP contribution in [0.2, 0.25) is 0 Å². The maximum absolute atomic E-state index is 5.93. The summed E-state index contributed by atoms with van der Waals surface area (Å²) in [4.78, 5) is 0. The molecular weight excluding hydrogens is 208 g/mol. The fourth-order valence-corrected chi connectivity index (χ4v) is 2.71. The molecule has 0 bridgehead atoms. The molecule has 0 spiro atoms. The molecule has 0 unspecified atom stereocenters. The first-order valence-corrected chi connectivity index (χ1v) is 6.70. The van der Waals surface area contributed by atoms with Crippen LogP contribution >= 0.6 is 0 Å². The summed E-state index contributed by atoms with van der Waals surface area (Å²) in [6, 6.07) is 6.19. The number of nitrogens with two attached hydrogens (primary N) is 1. The van der Waals surface area contributed by atoms with Crippen molar-refractivity contribution in [2.24, 2.45) is 0 Å². The summed E-state index contributed by atoms with van der Waals surface area (Å²) >= 11 is 0. The SMILES string of the molecule is Cc1c(N)cccc1CNC1(C)CCCCC1. The van der Waals surface area contributed by atoms with Gasteiger partial charge in [-0.3, -0.25) is 0 Å². The second-order valence-corrected chi connectivity index (χ2v) is 5.61. The first kappa shape index (κ1) is 12.4. The van der Waals surface area contributed by atoms with Crippen molar-refractivity contribution in [3.05, 3.63) is 29.3 Å². The lowest BCUT2D eigenvalue weighted by molar-refractivity contribution is 0.252. The molecule has 1 aromatic rings. The van der Waals surface area contributed by atoms with Crippen molar-refractivity contribution in [2.75, 3.05) is 5.73 Å². The summed E-state index contributed by atoms with van der Waals surface area (Å²) < 4.78 is 0. The Morgan fingerprint density at radius 1 is 1.24 bits per heavy atom. The van der Waals surface area contributed by atoms with Crippen LogP contribution in [0.5, 0.6) is 0 Å². The number of nitrogens with one attached hydrogen (secondary N) is 1. The van der Waals surface area contributed by atoms with Gasteiger partial charge in [0, 0.05) is 17.8 Å². The van der Waals surface area contributed by atoms with Crippen LogP contribution < -0.4 is 11.1 Å². The molecule has 0 aromatic heterocycles. The molecule has 1 fully saturated rings. The van der Waals surface area contributed by atoms with Gasteiger partial charge in [-0.05, 0) is 43.9 Å². The molecule has 0 atom stereocenters. The van der Waals surface area contributed by atoms with E-state index < -0.39 is 0 Å². The van der Waals surface area contributed by atoms with E-state index in [1.807, 2.05) is 12.1 Å². The van der Waals surface area contributed by atoms with Gasteiger partial charge in [0.1, 0.15) is 0 Å². The second kappa shape index (κ2) is 5.09. The smallest absolute Gasteiger partial charge is 0.0346 e. The summed E-state index contributed by atoms with van der Waals surface area (Å²) in [5.41, 5.74) is 9.72. The molecule has 1 saturated carbocycles. The van der Waals surface area contributed by atoms with Crippen LogP contribution in [-0.4, -0.2) is 5.54 Å². The maximum atomic E-state index is 5.93. The molecule has 1 aliphatic carbocycles. The zero-order chi connectivity index (χ0) is 12.3. The molecule has 1 aliphatic rings. The number of hydrogen-bond donors (Lipinski definition) is 2. The van der Waals surface area contributed by atoms with Crippen LogP contribution in [0.25, 0.3) is 0 Å². The molecule has 0 radical (unpaired) electrons. The third-order valence-corrected chi connectivity index (χ3v) is 4.15. The second-order valence-electron chi connectivity index (χ2n) is 5.61. The van der Waals surface area contributed by atoms with Gasteiger partial charge >= 0.3 is 0 Å². The summed E-state index contributed by atoms with van der Waals surface area (Å²) in [5, 5.41) is 3.73. The largest absolute Gasteiger partial charge is 0.399 e. The van der Waals surface area contributed by atoms with Crippen LogP contribution in [0.15, 0.2) is 18.2 Å². The highest BCUT2D eigenvalue weighted by atomic mass is 15.0. The van der Waals surface area contributed by atoms with E-state index in [4.69, 9.17) is 5.73 Å². The third kappa shape index (κ3) is 3.01. The lowest BCUT2D eigenvalue weighted by Crippen LogP contribution is -2.43. The first-order valence-electron chi connectivity index (χ1n) is 6.70. The zero-order valence-corrected chi connectivity index (χ0v) is 11.1. The Morgan fingerprint density at radius 3 is 2.65 bits per heavy atom. The number of anilines is 1. The fourth-order valence-electron chi connectivity index (χ4n) is 2.71. The van der Waals surface area contributed by atoms with E-state index in [1.165, 1.54) is 43.2 Å². The summed E-state index contributed by atoms with van der Waals surface area (Å²) in [6.45, 7) is 5.40. The predicted molar refractivity (Wildman–Crippen MR) is 73.9 cm³/mol. The van der Waals surface area contributed by atoms with Gasteiger partial charge in [-0.2, -0.15) is 0 Å². The highest BCUT2D eigenvalue weighted by Crippen LogP contribution is 2.28. The van der Waals surface area contributed by atoms with E-state index in [2.05, 4.69) is 25.2 Å². The normalized spacial score (nSPS) is 19.2. The minimum Gasteiger partial charge on any atom is -0.399 e. The van der Waals surface area contributed by atoms with Gasteiger partial charge in [0.2, 0.25) is 0 Å². The Morgan fingerprint density at radius 2 is 1.94 bits per heavy atom. The molecule has 1 aromatic carbocycles. The van der Waals surface area contributed by atoms with E-state index in [-0.39, 0.29) is 0 Å². The molecule has 0 aliphatic heterocycles. The molecule has 17 heavy (non-hydrogen) atoms. The summed E-state index contributed by atoms with van der Waals surface area (Å²) in [5.74, 6) is 0. The van der Waals surface area contributed by atoms with Crippen molar-refractivity contribution in [1.29, 1.82) is 0 Å². The molecule has 0 heterocycles. The molecule has 3 N–H and O–H groups in total. The van der Waals surface area contributed by atoms with E-state index in [0.717, 1.165) is 12.2 Å². The molecule has 0 amide bonds. The standard InChI is InChI=1S/C15H24N2/c1-12-13(7-6-8-14(12)16)11-17-15(2)9-4-3-5-10-15/h6-8,17H,3-5,9-11,16H2,1-2H3. The van der Waals surface area contributed by atoms with Gasteiger partial charge in [-0.15, -0.1) is 0 Å². The van der Waals surface area contributed by atoms with Crippen molar-refractivity contribution in [3.8, 4) is 0 Å². The topological polar surface area (TPSA) is 38.0 Å².